The number of ether oxygens (including phenoxy) is 7. The van der Waals surface area contributed by atoms with Crippen LogP contribution in [0.25, 0.3) is 0 Å². The van der Waals surface area contributed by atoms with Gasteiger partial charge < -0.3 is 91.6 Å². The molecule has 13 atom stereocenters. The molecule has 32 heteroatoms. The van der Waals surface area contributed by atoms with Gasteiger partial charge in [0.05, 0.1) is 104 Å². The number of nitrogens with two attached hydrogens (primary N) is 1. The number of hydrogen-bond donors (Lipinski definition) is 11. The molecule has 15 rings (SSSR count). The topological polar surface area (TPSA) is 442 Å². The molecule has 0 bridgehead atoms. The number of Topliss-reactive ketones (excluding diaryl/α,β-unsaturated/α-hetero) is 5. The lowest BCUT2D eigenvalue weighted by Gasteiger charge is -2.32. The van der Waals surface area contributed by atoms with Gasteiger partial charge in [-0.25, -0.2) is 0 Å². The Hall–Kier alpha value is -12.8. The SMILES string of the molecule is COc1ccc(CC(CC(=O)C(CO)N(C)C)C(=O)NC(Cc2ccccc2)C(=O)C2(C)CO2)cc1.COc1ccc(CC(NC(=O)C(N)C2(O)CC2)C(=O)NC(Cc2ccccc2)C(=O)C2(C)CC2)cc1.COc1ccc(CC(NC(=O)C2COCCN2)C(=O)N[C@@H](Cc2ccccc2)C(=O)C2(C)CC2)cc1.COc1ccc(CC(NC(=O)C2COCCN2C)C(=O)N[C@@H](Cc2ccccc2)C(=O)C2(C)CC2)cc1. The highest BCUT2D eigenvalue weighted by Crippen LogP contribution is 2.49. The normalized spacial score (nSPS) is 19.7. The quantitative estimate of drug-likeness (QED) is 0.0165. The van der Waals surface area contributed by atoms with Gasteiger partial charge in [0.1, 0.15) is 64.9 Å². The third-order valence-electron chi connectivity index (χ3n) is 28.4. The minimum Gasteiger partial charge on any atom is -0.497 e. The lowest BCUT2D eigenvalue weighted by molar-refractivity contribution is -0.136. The van der Waals surface area contributed by atoms with Gasteiger partial charge in [-0.05, 0) is 205 Å². The van der Waals surface area contributed by atoms with Crippen LogP contribution in [0.1, 0.15) is 130 Å². The molecular weight excluding hydrogens is 1850 g/mol. The molecule has 3 saturated heterocycles. The van der Waals surface area contributed by atoms with Crippen LogP contribution in [0.2, 0.25) is 0 Å². The zero-order valence-corrected chi connectivity index (χ0v) is 85.0. The Bertz CT molecular complexity index is 5490. The van der Waals surface area contributed by atoms with Crippen molar-refractivity contribution >= 4 is 70.3 Å². The molecule has 8 aromatic rings. The van der Waals surface area contributed by atoms with Crippen LogP contribution in [0.3, 0.4) is 0 Å². The maximum atomic E-state index is 13.7. The van der Waals surface area contributed by atoms with Gasteiger partial charge in [-0.2, -0.15) is 0 Å². The first-order valence-electron chi connectivity index (χ1n) is 50.0. The van der Waals surface area contributed by atoms with Crippen LogP contribution in [-0.2, 0) is 123 Å². The predicted molar refractivity (Wildman–Crippen MR) is 547 cm³/mol. The summed E-state index contributed by atoms with van der Waals surface area (Å²) in [6, 6.07) is 59.2. The average Bonchev–Trinajstić information content (AvgIpc) is 1.65. The lowest BCUT2D eigenvalue weighted by atomic mass is 9.89. The summed E-state index contributed by atoms with van der Waals surface area (Å²) in [5.41, 5.74) is 9.83. The van der Waals surface area contributed by atoms with Gasteiger partial charge in [-0.3, -0.25) is 67.3 Å². The zero-order chi connectivity index (χ0) is 104. The molecule has 776 valence electrons. The third kappa shape index (κ3) is 32.6. The van der Waals surface area contributed by atoms with Gasteiger partial charge in [0, 0.05) is 60.9 Å². The number of likely N-dealkylation sites (N-methyl/N-ethyl adjacent to an activating group) is 2. The lowest BCUT2D eigenvalue weighted by Crippen LogP contribution is -2.58. The molecule has 145 heavy (non-hydrogen) atoms. The first-order chi connectivity index (χ1) is 69.5. The average molecular weight is 1990 g/mol. The second kappa shape index (κ2) is 51.8. The van der Waals surface area contributed by atoms with Gasteiger partial charge in [0.2, 0.25) is 41.4 Å². The van der Waals surface area contributed by atoms with Crippen molar-refractivity contribution in [1.82, 2.24) is 52.3 Å². The molecule has 0 spiro atoms. The number of morpholine rings is 2. The number of rotatable bonds is 48. The van der Waals surface area contributed by atoms with Crippen molar-refractivity contribution in [1.29, 1.82) is 0 Å². The summed E-state index contributed by atoms with van der Waals surface area (Å²) < 4.78 is 37.2. The predicted octanol–water partition coefficient (Wildman–Crippen LogP) is 7.45. The number of nitrogens with zero attached hydrogens (tertiary/aromatic N) is 2. The van der Waals surface area contributed by atoms with Crippen molar-refractivity contribution in [3.05, 3.63) is 263 Å². The number of benzene rings is 8. The van der Waals surface area contributed by atoms with Crippen molar-refractivity contribution in [2.45, 2.75) is 215 Å². The van der Waals surface area contributed by atoms with E-state index in [0.29, 0.717) is 101 Å². The van der Waals surface area contributed by atoms with Crippen LogP contribution >= 0.6 is 0 Å². The van der Waals surface area contributed by atoms with Crippen LogP contribution in [0, 0.1) is 22.2 Å². The minimum atomic E-state index is -1.22. The Labute approximate surface area is 849 Å². The van der Waals surface area contributed by atoms with Crippen molar-refractivity contribution in [3.63, 3.8) is 0 Å². The molecule has 7 aliphatic rings. The van der Waals surface area contributed by atoms with Crippen molar-refractivity contribution < 1.29 is 101 Å². The fourth-order valence-electron chi connectivity index (χ4n) is 17.6. The highest BCUT2D eigenvalue weighted by Gasteiger charge is 2.54. The molecule has 0 aromatic heterocycles. The number of aliphatic hydroxyl groups excluding tert-OH is 1. The maximum Gasteiger partial charge on any atom is 0.243 e. The molecule has 11 unspecified atom stereocenters. The Morgan fingerprint density at radius 2 is 0.717 bits per heavy atom. The van der Waals surface area contributed by atoms with E-state index < -0.39 is 112 Å². The molecule has 12 N–H and O–H groups in total. The van der Waals surface area contributed by atoms with E-state index >= 15 is 0 Å². The fraction of sp³-hybridized carbons (Fsp3) is 0.469. The Kier molecular flexibility index (Phi) is 39.7. The smallest absolute Gasteiger partial charge is 0.243 e. The Morgan fingerprint density at radius 3 is 1.03 bits per heavy atom. The summed E-state index contributed by atoms with van der Waals surface area (Å²) in [7, 11) is 11.6. The number of carbonyl (C=O) groups excluding carboxylic acids is 12. The number of epoxide rings is 1. The number of nitrogens with one attached hydrogen (secondary N) is 8. The molecule has 3 heterocycles. The van der Waals surface area contributed by atoms with Crippen LogP contribution in [0.15, 0.2) is 218 Å². The molecular formula is C113H143N11O21. The van der Waals surface area contributed by atoms with Crippen LogP contribution in [0.5, 0.6) is 23.0 Å². The number of amides is 7. The number of carbonyl (C=O) groups is 12. The number of aliphatic hydroxyl groups is 2. The zero-order valence-electron chi connectivity index (χ0n) is 85.0. The van der Waals surface area contributed by atoms with E-state index in [1.807, 2.05) is 227 Å². The van der Waals surface area contributed by atoms with Crippen LogP contribution < -0.4 is 67.2 Å². The van der Waals surface area contributed by atoms with Gasteiger partial charge >= 0.3 is 0 Å². The third-order valence-corrected chi connectivity index (χ3v) is 28.4. The Balaban J connectivity index is 0.000000172. The second-order valence-electron chi connectivity index (χ2n) is 40.3. The molecule has 32 nitrogen and oxygen atoms in total. The Morgan fingerprint density at radius 1 is 0.407 bits per heavy atom. The van der Waals surface area contributed by atoms with E-state index in [-0.39, 0.29) is 104 Å². The maximum absolute atomic E-state index is 13.7. The van der Waals surface area contributed by atoms with E-state index in [2.05, 4.69) is 42.5 Å². The van der Waals surface area contributed by atoms with Crippen LogP contribution in [-0.4, -0.2) is 270 Å². The summed E-state index contributed by atoms with van der Waals surface area (Å²) in [5, 5.41) is 43.5. The molecule has 4 aliphatic carbocycles. The molecule has 4 saturated carbocycles. The van der Waals surface area contributed by atoms with Crippen molar-refractivity contribution in [2.24, 2.45) is 27.9 Å². The number of ketones is 5. The number of hydrogen-bond acceptors (Lipinski definition) is 25. The van der Waals surface area contributed by atoms with Crippen LogP contribution in [0.4, 0.5) is 0 Å². The molecule has 0 radical (unpaired) electrons. The molecule has 8 aromatic carbocycles. The van der Waals surface area contributed by atoms with Gasteiger partial charge in [0.25, 0.3) is 0 Å². The monoisotopic (exact) mass is 1990 g/mol. The first kappa shape index (κ1) is 111. The van der Waals surface area contributed by atoms with E-state index in [1.165, 1.54) is 0 Å². The summed E-state index contributed by atoms with van der Waals surface area (Å²) in [6.07, 6.45) is 8.27. The van der Waals surface area contributed by atoms with Crippen molar-refractivity contribution in [3.8, 4) is 23.0 Å². The summed E-state index contributed by atoms with van der Waals surface area (Å²) in [6.45, 7) is 10.4. The minimum absolute atomic E-state index is 0.00165. The fourth-order valence-corrected chi connectivity index (χ4v) is 17.6. The first-order valence-corrected chi connectivity index (χ1v) is 50.0. The van der Waals surface area contributed by atoms with Gasteiger partial charge in [-0.1, -0.05) is 191 Å². The largest absolute Gasteiger partial charge is 0.497 e. The molecule has 7 fully saturated rings. The summed E-state index contributed by atoms with van der Waals surface area (Å²) in [5.74, 6) is -1.05. The second-order valence-corrected chi connectivity index (χ2v) is 40.3. The summed E-state index contributed by atoms with van der Waals surface area (Å²) >= 11 is 0. The van der Waals surface area contributed by atoms with E-state index in [1.54, 1.807) is 78.6 Å². The van der Waals surface area contributed by atoms with Gasteiger partial charge in [0.15, 0.2) is 28.9 Å². The van der Waals surface area contributed by atoms with Gasteiger partial charge in [-0.15, -0.1) is 0 Å². The number of methoxy groups -OCH3 is 4. The van der Waals surface area contributed by atoms with E-state index in [0.717, 1.165) is 83.0 Å². The van der Waals surface area contributed by atoms with E-state index in [9.17, 15) is 67.7 Å². The highest BCUT2D eigenvalue weighted by atomic mass is 16.6. The van der Waals surface area contributed by atoms with Crippen molar-refractivity contribution in [2.75, 3.05) is 102 Å². The molecule has 3 aliphatic heterocycles. The molecule has 7 amide bonds. The van der Waals surface area contributed by atoms with E-state index in [4.69, 9.17) is 38.9 Å². The standard InChI is InChI=1S/C29H37N3O5.2C28H35N3O5.C28H36N2O6/c1-29(13-14-29)26(33)23(17-20-7-5-4-6-8-20)30-27(34)24(18-21-9-11-22(36-3)12-10-21)31-28(35)25-19-37-16-15-32(25)2;1-28(12-13-28)25(32)22(16-19-6-4-3-5-7-19)30-26(33)23(17-20-8-10-21(35-2)11-9-20)31-27(34)24-18-36-15-14-29-24;1-27(12-13-27)24(32)21(16-18-6-4-3-5-7-18)30-25(33)22(17-19-8-10-20(36-2)11-9-19)31-26(34)23(29)28(35)14-15-28;1-28(18-36-28)26(33)23(15-19-8-6-5-7-9-19)29-27(34)21(16-25(32)24(17-31)30(2)3)14-20-10-12-22(35-4)13-11-20/h4-12,23-25H,13-19H2,1-3H3,(H,30,34)(H,31,35);3-11,22-24,29H,12-18H2,1-2H3,(H,30,33)(H,31,34);3-11,21-23,35H,12-17,29H2,1-2H3,(H,30,33)(H,31,34);5-13,21,23-24,31H,14-18H2,1-4H3,(H,29,34)/t23-,24?,25?;22-,23?,24?;;/m00../s1. The highest BCUT2D eigenvalue weighted by molar-refractivity contribution is 6.01. The summed E-state index contributed by atoms with van der Waals surface area (Å²) in [4.78, 5) is 163.